The zero-order valence-corrected chi connectivity index (χ0v) is 17.2. The lowest BCUT2D eigenvalue weighted by atomic mass is 9.96. The number of piperidine rings is 1. The number of carbonyl (C=O) groups excluding carboxylic acids is 1. The van der Waals surface area contributed by atoms with E-state index >= 15 is 0 Å². The maximum Gasteiger partial charge on any atom is 0.241 e. The smallest absolute Gasteiger partial charge is 0.241 e. The molecule has 4 rings (SSSR count). The molecule has 5 nitrogen and oxygen atoms in total. The number of likely N-dealkylation sites (tertiary alicyclic amines) is 1. The molecule has 1 amide bonds. The maximum absolute atomic E-state index is 13.1. The van der Waals surface area contributed by atoms with Crippen molar-refractivity contribution in [2.45, 2.75) is 31.0 Å². The van der Waals surface area contributed by atoms with Gasteiger partial charge >= 0.3 is 0 Å². The highest BCUT2D eigenvalue weighted by Crippen LogP contribution is 2.32. The van der Waals surface area contributed by atoms with Gasteiger partial charge in [0.2, 0.25) is 5.91 Å². The molecule has 2 saturated heterocycles. The largest absolute Gasteiger partial charge is 0.349 e. The molecule has 1 spiro atoms. The third-order valence-corrected chi connectivity index (χ3v) is 6.33. The van der Waals surface area contributed by atoms with Gasteiger partial charge in [-0.1, -0.05) is 30.3 Å². The van der Waals surface area contributed by atoms with Crippen LogP contribution in [0.5, 0.6) is 0 Å². The van der Waals surface area contributed by atoms with Crippen LogP contribution < -0.4 is 10.6 Å². The predicted molar refractivity (Wildman–Crippen MR) is 116 cm³/mol. The Balaban J connectivity index is 1.37. The number of anilines is 1. The molecule has 0 bridgehead atoms. The lowest BCUT2D eigenvalue weighted by molar-refractivity contribution is -0.131. The van der Waals surface area contributed by atoms with Crippen LogP contribution in [0.15, 0.2) is 54.6 Å². The van der Waals surface area contributed by atoms with Gasteiger partial charge in [0.25, 0.3) is 0 Å². The molecular weight excluding hydrogens is 387 g/mol. The molecule has 2 N–H and O–H groups in total. The first kappa shape index (κ1) is 19.8. The molecule has 1 atom stereocenters. The molecule has 7 heteroatoms. The molecule has 2 aromatic carbocycles. The summed E-state index contributed by atoms with van der Waals surface area (Å²) in [6.45, 7) is 1.49. The van der Waals surface area contributed by atoms with Crippen molar-refractivity contribution < 1.29 is 9.18 Å². The van der Waals surface area contributed by atoms with Gasteiger partial charge in [0.05, 0.1) is 11.7 Å². The zero-order valence-electron chi connectivity index (χ0n) is 16.4. The summed E-state index contributed by atoms with van der Waals surface area (Å²) >= 11 is 5.53. The van der Waals surface area contributed by atoms with E-state index in [1.807, 2.05) is 30.1 Å². The van der Waals surface area contributed by atoms with Crippen LogP contribution in [0.1, 0.15) is 18.4 Å². The van der Waals surface area contributed by atoms with E-state index in [0.29, 0.717) is 11.5 Å². The third-order valence-electron chi connectivity index (χ3n) is 5.97. The molecule has 29 heavy (non-hydrogen) atoms. The number of benzene rings is 2. The molecule has 152 valence electrons. The molecule has 2 aliphatic rings. The highest BCUT2D eigenvalue weighted by Gasteiger charge is 2.49. The van der Waals surface area contributed by atoms with Crippen LogP contribution in [-0.2, 0) is 11.2 Å². The molecular formula is C22H25FN4OS. The number of halogens is 1. The standard InChI is InChI=1S/C22H25FN4OS/c1-26-20(28)19(15-16-5-3-2-4-6-16)25-22(26)11-13-27(14-12-22)21(29)24-18-9-7-17(23)8-10-18/h2-10,19,25H,11-15H2,1H3,(H,24,29). The Kier molecular flexibility index (Phi) is 5.52. The summed E-state index contributed by atoms with van der Waals surface area (Å²) in [6, 6.07) is 16.1. The fraction of sp³-hybridized carbons (Fsp3) is 0.364. The first-order valence-electron chi connectivity index (χ1n) is 9.88. The fourth-order valence-corrected chi connectivity index (χ4v) is 4.51. The van der Waals surface area contributed by atoms with Crippen LogP contribution in [0.4, 0.5) is 10.1 Å². The average Bonchev–Trinajstić information content (AvgIpc) is 2.95. The summed E-state index contributed by atoms with van der Waals surface area (Å²) in [5.74, 6) is -0.124. The monoisotopic (exact) mass is 412 g/mol. The van der Waals surface area contributed by atoms with Gasteiger partial charge in [-0.05, 0) is 48.5 Å². The van der Waals surface area contributed by atoms with Gasteiger partial charge in [-0.3, -0.25) is 10.1 Å². The first-order chi connectivity index (χ1) is 14.0. The van der Waals surface area contributed by atoms with E-state index in [-0.39, 0.29) is 23.4 Å². The Bertz CT molecular complexity index is 881. The van der Waals surface area contributed by atoms with E-state index in [2.05, 4.69) is 27.7 Å². The first-order valence-corrected chi connectivity index (χ1v) is 10.3. The summed E-state index contributed by atoms with van der Waals surface area (Å²) in [5.41, 5.74) is 1.61. The average molecular weight is 413 g/mol. The quantitative estimate of drug-likeness (QED) is 0.759. The molecule has 2 aliphatic heterocycles. The Morgan fingerprint density at radius 3 is 2.48 bits per heavy atom. The van der Waals surface area contributed by atoms with Crippen LogP contribution in [0.2, 0.25) is 0 Å². The third kappa shape index (κ3) is 4.11. The highest BCUT2D eigenvalue weighted by molar-refractivity contribution is 7.80. The molecule has 2 heterocycles. The van der Waals surface area contributed by atoms with Gasteiger partial charge in [0, 0.05) is 38.7 Å². The second-order valence-electron chi connectivity index (χ2n) is 7.74. The van der Waals surface area contributed by atoms with Gasteiger partial charge in [0.15, 0.2) is 5.11 Å². The van der Waals surface area contributed by atoms with Gasteiger partial charge in [-0.25, -0.2) is 4.39 Å². The molecule has 0 aliphatic carbocycles. The Morgan fingerprint density at radius 1 is 1.17 bits per heavy atom. The number of hydrogen-bond donors (Lipinski definition) is 2. The maximum atomic E-state index is 13.1. The SMILES string of the molecule is CN1C(=O)C(Cc2ccccc2)NC12CCN(C(=S)Nc1ccc(F)cc1)CC2. The van der Waals surface area contributed by atoms with Crippen molar-refractivity contribution in [3.05, 3.63) is 66.0 Å². The predicted octanol–water partition coefficient (Wildman–Crippen LogP) is 2.99. The zero-order chi connectivity index (χ0) is 20.4. The number of carbonyl (C=O) groups is 1. The number of nitrogens with one attached hydrogen (secondary N) is 2. The van der Waals surface area contributed by atoms with Crippen molar-refractivity contribution in [2.24, 2.45) is 0 Å². The number of nitrogens with zero attached hydrogens (tertiary/aromatic N) is 2. The van der Waals surface area contributed by atoms with Crippen molar-refractivity contribution in [1.82, 2.24) is 15.1 Å². The molecule has 1 unspecified atom stereocenters. The molecule has 0 radical (unpaired) electrons. The van der Waals surface area contributed by atoms with Crippen molar-refractivity contribution in [3.8, 4) is 0 Å². The Labute approximate surface area is 175 Å². The second kappa shape index (κ2) is 8.08. The Hall–Kier alpha value is -2.51. The molecule has 0 saturated carbocycles. The van der Waals surface area contributed by atoms with Gasteiger partial charge < -0.3 is 15.1 Å². The van der Waals surface area contributed by atoms with Crippen molar-refractivity contribution in [2.75, 3.05) is 25.5 Å². The topological polar surface area (TPSA) is 47.6 Å². The number of amides is 1. The van der Waals surface area contributed by atoms with Crippen LogP contribution in [0.3, 0.4) is 0 Å². The molecule has 2 fully saturated rings. The van der Waals surface area contributed by atoms with E-state index in [1.165, 1.54) is 12.1 Å². The summed E-state index contributed by atoms with van der Waals surface area (Å²) in [5, 5.41) is 7.41. The van der Waals surface area contributed by atoms with Gasteiger partial charge in [-0.15, -0.1) is 0 Å². The molecule has 2 aromatic rings. The summed E-state index contributed by atoms with van der Waals surface area (Å²) in [6.07, 6.45) is 2.29. The van der Waals surface area contributed by atoms with E-state index in [4.69, 9.17) is 12.2 Å². The van der Waals surface area contributed by atoms with Crippen LogP contribution in [0.25, 0.3) is 0 Å². The number of likely N-dealkylation sites (N-methyl/N-ethyl adjacent to an activating group) is 1. The summed E-state index contributed by atoms with van der Waals surface area (Å²) in [7, 11) is 1.89. The minimum atomic E-state index is -0.321. The van der Waals surface area contributed by atoms with Crippen molar-refractivity contribution in [3.63, 3.8) is 0 Å². The van der Waals surface area contributed by atoms with E-state index < -0.39 is 0 Å². The van der Waals surface area contributed by atoms with Crippen molar-refractivity contribution in [1.29, 1.82) is 0 Å². The number of hydrogen-bond acceptors (Lipinski definition) is 3. The minimum Gasteiger partial charge on any atom is -0.349 e. The lowest BCUT2D eigenvalue weighted by Gasteiger charge is -2.44. The molecule has 0 aromatic heterocycles. The van der Waals surface area contributed by atoms with E-state index in [9.17, 15) is 9.18 Å². The van der Waals surface area contributed by atoms with E-state index in [1.54, 1.807) is 12.1 Å². The van der Waals surface area contributed by atoms with Gasteiger partial charge in [0.1, 0.15) is 5.82 Å². The highest BCUT2D eigenvalue weighted by atomic mass is 32.1. The summed E-state index contributed by atoms with van der Waals surface area (Å²) < 4.78 is 13.1. The van der Waals surface area contributed by atoms with Crippen LogP contribution >= 0.6 is 12.2 Å². The normalized spacial score (nSPS) is 20.9. The second-order valence-corrected chi connectivity index (χ2v) is 8.13. The van der Waals surface area contributed by atoms with E-state index in [0.717, 1.165) is 37.2 Å². The number of thiocarbonyl (C=S) groups is 1. The number of rotatable bonds is 3. The minimum absolute atomic E-state index is 0.148. The van der Waals surface area contributed by atoms with Crippen molar-refractivity contribution >= 4 is 28.9 Å². The summed E-state index contributed by atoms with van der Waals surface area (Å²) in [4.78, 5) is 16.8. The fourth-order valence-electron chi connectivity index (χ4n) is 4.21. The lowest BCUT2D eigenvalue weighted by Crippen LogP contribution is -2.59. The Morgan fingerprint density at radius 2 is 1.83 bits per heavy atom. The van der Waals surface area contributed by atoms with Gasteiger partial charge in [-0.2, -0.15) is 0 Å². The van der Waals surface area contributed by atoms with Crippen LogP contribution in [-0.4, -0.2) is 52.7 Å². The van der Waals surface area contributed by atoms with Crippen LogP contribution in [0, 0.1) is 5.82 Å².